The molecule has 2 rings (SSSR count). The maximum absolute atomic E-state index is 12.7. The molecule has 6 nitrogen and oxygen atoms in total. The zero-order valence-electron chi connectivity index (χ0n) is 14.5. The number of ether oxygens (including phenoxy) is 3. The van der Waals surface area contributed by atoms with Gasteiger partial charge in [-0.25, -0.2) is 0 Å². The van der Waals surface area contributed by atoms with E-state index in [2.05, 4.69) is 0 Å². The van der Waals surface area contributed by atoms with E-state index in [0.29, 0.717) is 43.9 Å². The third-order valence-corrected chi connectivity index (χ3v) is 4.31. The summed E-state index contributed by atoms with van der Waals surface area (Å²) < 4.78 is 15.8. The van der Waals surface area contributed by atoms with Crippen LogP contribution in [-0.2, 0) is 14.3 Å². The summed E-state index contributed by atoms with van der Waals surface area (Å²) in [6.45, 7) is 3.02. The van der Waals surface area contributed by atoms with Crippen molar-refractivity contribution in [3.63, 3.8) is 0 Å². The Bertz CT molecular complexity index is 566. The number of methoxy groups -OCH3 is 2. The summed E-state index contributed by atoms with van der Waals surface area (Å²) >= 11 is 0. The zero-order chi connectivity index (χ0) is 17.5. The second kappa shape index (κ2) is 8.57. The van der Waals surface area contributed by atoms with Crippen molar-refractivity contribution in [1.29, 1.82) is 0 Å². The molecule has 0 N–H and O–H groups in total. The lowest BCUT2D eigenvalue weighted by atomic mass is 9.96. The summed E-state index contributed by atoms with van der Waals surface area (Å²) in [6.07, 6.45) is 1.31. The number of carbonyl (C=O) groups excluding carboxylic acids is 2. The van der Waals surface area contributed by atoms with Crippen molar-refractivity contribution in [3.05, 3.63) is 24.3 Å². The van der Waals surface area contributed by atoms with Crippen LogP contribution in [0.4, 0.5) is 0 Å². The van der Waals surface area contributed by atoms with Gasteiger partial charge in [0.1, 0.15) is 11.5 Å². The minimum Gasteiger partial charge on any atom is -0.497 e. The van der Waals surface area contributed by atoms with E-state index in [4.69, 9.17) is 14.2 Å². The molecule has 1 aliphatic heterocycles. The first-order valence-electron chi connectivity index (χ1n) is 8.26. The molecular weight excluding hydrogens is 310 g/mol. The Morgan fingerprint density at radius 1 is 1.21 bits per heavy atom. The highest BCUT2D eigenvalue weighted by molar-refractivity contribution is 5.81. The molecule has 0 radical (unpaired) electrons. The molecule has 1 aliphatic rings. The fraction of sp³-hybridized carbons (Fsp3) is 0.556. The van der Waals surface area contributed by atoms with Gasteiger partial charge in [-0.05, 0) is 31.4 Å². The fourth-order valence-corrected chi connectivity index (χ4v) is 2.85. The first kappa shape index (κ1) is 18.1. The molecule has 1 saturated heterocycles. The number of amides is 1. The van der Waals surface area contributed by atoms with E-state index in [9.17, 15) is 9.59 Å². The monoisotopic (exact) mass is 335 g/mol. The highest BCUT2D eigenvalue weighted by atomic mass is 16.5. The van der Waals surface area contributed by atoms with Crippen LogP contribution < -0.4 is 9.47 Å². The summed E-state index contributed by atoms with van der Waals surface area (Å²) in [5.74, 6) is 0.955. The van der Waals surface area contributed by atoms with Crippen LogP contribution in [0.15, 0.2) is 24.3 Å². The van der Waals surface area contributed by atoms with E-state index < -0.39 is 6.10 Å². The second-order valence-corrected chi connectivity index (χ2v) is 5.82. The number of likely N-dealkylation sites (tertiary alicyclic amines) is 1. The Morgan fingerprint density at radius 3 is 2.46 bits per heavy atom. The molecular formula is C18H25NO5. The number of piperidine rings is 1. The molecule has 1 atom stereocenters. The Kier molecular flexibility index (Phi) is 6.46. The van der Waals surface area contributed by atoms with Gasteiger partial charge in [-0.15, -0.1) is 0 Å². The molecule has 1 aromatic rings. The third-order valence-electron chi connectivity index (χ3n) is 4.31. The molecule has 0 saturated carbocycles. The molecule has 1 fully saturated rings. The number of hydrogen-bond donors (Lipinski definition) is 0. The predicted octanol–water partition coefficient (Wildman–Crippen LogP) is 2.26. The van der Waals surface area contributed by atoms with Crippen molar-refractivity contribution in [2.24, 2.45) is 5.92 Å². The predicted molar refractivity (Wildman–Crippen MR) is 89.0 cm³/mol. The fourth-order valence-electron chi connectivity index (χ4n) is 2.85. The van der Waals surface area contributed by atoms with Crippen molar-refractivity contribution in [3.8, 4) is 11.5 Å². The standard InChI is InChI=1S/C18H25NO5/c1-4-16(24-15-7-5-6-14(12-15)22-2)17(20)19-10-8-13(9-11-19)18(21)23-3/h5-7,12-13,16H,4,8-11H2,1-3H3/t16-/m1/s1. The van der Waals surface area contributed by atoms with Crippen molar-refractivity contribution < 1.29 is 23.8 Å². The Hall–Kier alpha value is -2.24. The number of benzene rings is 1. The van der Waals surface area contributed by atoms with E-state index in [1.165, 1.54) is 7.11 Å². The number of hydrogen-bond acceptors (Lipinski definition) is 5. The lowest BCUT2D eigenvalue weighted by Gasteiger charge is -2.33. The molecule has 24 heavy (non-hydrogen) atoms. The van der Waals surface area contributed by atoms with Crippen LogP contribution in [0, 0.1) is 5.92 Å². The van der Waals surface area contributed by atoms with Crippen LogP contribution in [0.5, 0.6) is 11.5 Å². The van der Waals surface area contributed by atoms with Crippen LogP contribution >= 0.6 is 0 Å². The van der Waals surface area contributed by atoms with E-state index in [-0.39, 0.29) is 17.8 Å². The smallest absolute Gasteiger partial charge is 0.308 e. The van der Waals surface area contributed by atoms with Gasteiger partial charge in [-0.1, -0.05) is 13.0 Å². The molecule has 1 amide bonds. The van der Waals surface area contributed by atoms with Gasteiger partial charge in [-0.2, -0.15) is 0 Å². The Labute approximate surface area is 142 Å². The second-order valence-electron chi connectivity index (χ2n) is 5.82. The molecule has 0 bridgehead atoms. The van der Waals surface area contributed by atoms with Crippen LogP contribution in [0.2, 0.25) is 0 Å². The lowest BCUT2D eigenvalue weighted by Crippen LogP contribution is -2.46. The van der Waals surface area contributed by atoms with Gasteiger partial charge < -0.3 is 19.1 Å². The highest BCUT2D eigenvalue weighted by Gasteiger charge is 2.31. The average Bonchev–Trinajstić information content (AvgIpc) is 2.65. The third kappa shape index (κ3) is 4.40. The minimum absolute atomic E-state index is 0.0383. The van der Waals surface area contributed by atoms with Crippen LogP contribution in [0.1, 0.15) is 26.2 Å². The van der Waals surface area contributed by atoms with E-state index in [1.807, 2.05) is 25.1 Å². The van der Waals surface area contributed by atoms with Gasteiger partial charge in [0.2, 0.25) is 0 Å². The maximum atomic E-state index is 12.7. The molecule has 0 spiro atoms. The number of carbonyl (C=O) groups is 2. The first-order valence-corrected chi connectivity index (χ1v) is 8.26. The van der Waals surface area contributed by atoms with Crippen LogP contribution in [0.3, 0.4) is 0 Å². The maximum Gasteiger partial charge on any atom is 0.308 e. The van der Waals surface area contributed by atoms with Crippen molar-refractivity contribution in [2.75, 3.05) is 27.3 Å². The molecule has 1 aromatic carbocycles. The van der Waals surface area contributed by atoms with E-state index in [1.54, 1.807) is 18.1 Å². The average molecular weight is 335 g/mol. The molecule has 132 valence electrons. The topological polar surface area (TPSA) is 65.1 Å². The number of rotatable bonds is 6. The summed E-state index contributed by atoms with van der Waals surface area (Å²) in [7, 11) is 2.99. The van der Waals surface area contributed by atoms with Gasteiger partial charge in [0.15, 0.2) is 6.10 Å². The van der Waals surface area contributed by atoms with Crippen molar-refractivity contribution >= 4 is 11.9 Å². The molecule has 0 aromatic heterocycles. The van der Waals surface area contributed by atoms with Crippen molar-refractivity contribution in [2.45, 2.75) is 32.3 Å². The van der Waals surface area contributed by atoms with Gasteiger partial charge >= 0.3 is 5.97 Å². The van der Waals surface area contributed by atoms with Crippen LogP contribution in [0.25, 0.3) is 0 Å². The molecule has 1 heterocycles. The largest absolute Gasteiger partial charge is 0.497 e. The number of nitrogens with zero attached hydrogens (tertiary/aromatic N) is 1. The van der Waals surface area contributed by atoms with Crippen molar-refractivity contribution in [1.82, 2.24) is 4.90 Å². The number of esters is 1. The van der Waals surface area contributed by atoms with E-state index in [0.717, 1.165) is 0 Å². The Balaban J connectivity index is 1.95. The molecule has 0 unspecified atom stereocenters. The summed E-state index contributed by atoms with van der Waals surface area (Å²) in [5.41, 5.74) is 0. The first-order chi connectivity index (χ1) is 11.6. The normalized spacial score (nSPS) is 16.4. The minimum atomic E-state index is -0.535. The van der Waals surface area contributed by atoms with Gasteiger partial charge in [0.05, 0.1) is 20.1 Å². The van der Waals surface area contributed by atoms with Gasteiger partial charge in [-0.3, -0.25) is 9.59 Å². The lowest BCUT2D eigenvalue weighted by molar-refractivity contribution is -0.150. The molecule has 6 heteroatoms. The molecule has 0 aliphatic carbocycles. The summed E-state index contributed by atoms with van der Waals surface area (Å²) in [5, 5.41) is 0. The zero-order valence-corrected chi connectivity index (χ0v) is 14.5. The SMILES string of the molecule is CC[C@@H](Oc1cccc(OC)c1)C(=O)N1CCC(C(=O)OC)CC1. The van der Waals surface area contributed by atoms with Gasteiger partial charge in [0, 0.05) is 19.2 Å². The van der Waals surface area contributed by atoms with E-state index >= 15 is 0 Å². The highest BCUT2D eigenvalue weighted by Crippen LogP contribution is 2.23. The summed E-state index contributed by atoms with van der Waals surface area (Å²) in [6, 6.07) is 7.22. The summed E-state index contributed by atoms with van der Waals surface area (Å²) in [4.78, 5) is 26.0. The van der Waals surface area contributed by atoms with Crippen LogP contribution in [-0.4, -0.2) is 50.2 Å². The Morgan fingerprint density at radius 2 is 1.88 bits per heavy atom. The quantitative estimate of drug-likeness (QED) is 0.746. The van der Waals surface area contributed by atoms with Gasteiger partial charge in [0.25, 0.3) is 5.91 Å².